The van der Waals surface area contributed by atoms with Gasteiger partial charge >= 0.3 is 0 Å². The summed E-state index contributed by atoms with van der Waals surface area (Å²) in [4.78, 5) is 14.0. The molecule has 1 aliphatic heterocycles. The van der Waals surface area contributed by atoms with Crippen LogP contribution >= 0.6 is 0 Å². The van der Waals surface area contributed by atoms with E-state index in [0.29, 0.717) is 0 Å². The molecule has 1 saturated heterocycles. The van der Waals surface area contributed by atoms with Gasteiger partial charge in [-0.25, -0.2) is 4.98 Å². The fraction of sp³-hybridized carbons (Fsp3) is 0.733. The molecular weight excluding hydrogens is 250 g/mol. The standard InChI is InChI=1S/C15H25N5/c1-2-5-19-6-8-20(9-7-19)15-12-17-14(11-18-15)10-16-13-3-4-13/h11-13,16H,2-10H2,1H3. The molecule has 20 heavy (non-hydrogen) atoms. The summed E-state index contributed by atoms with van der Waals surface area (Å²) >= 11 is 0. The molecule has 1 N–H and O–H groups in total. The molecule has 1 aliphatic carbocycles. The predicted octanol–water partition coefficient (Wildman–Crippen LogP) is 1.26. The molecule has 5 heteroatoms. The Kier molecular flexibility index (Phi) is 4.47. The molecule has 110 valence electrons. The summed E-state index contributed by atoms with van der Waals surface area (Å²) in [5, 5.41) is 3.47. The third-order valence-electron chi connectivity index (χ3n) is 4.08. The van der Waals surface area contributed by atoms with Gasteiger partial charge in [-0.05, 0) is 25.8 Å². The number of anilines is 1. The van der Waals surface area contributed by atoms with Crippen LogP contribution in [0.4, 0.5) is 5.82 Å². The highest BCUT2D eigenvalue weighted by Gasteiger charge is 2.20. The van der Waals surface area contributed by atoms with Gasteiger partial charge in [-0.1, -0.05) is 6.92 Å². The average molecular weight is 275 g/mol. The molecule has 0 amide bonds. The van der Waals surface area contributed by atoms with Gasteiger partial charge in [-0.3, -0.25) is 9.88 Å². The molecule has 2 heterocycles. The fourth-order valence-corrected chi connectivity index (χ4v) is 2.66. The molecular formula is C15H25N5. The Morgan fingerprint density at radius 3 is 2.55 bits per heavy atom. The zero-order valence-corrected chi connectivity index (χ0v) is 12.4. The SMILES string of the molecule is CCCN1CCN(c2cnc(CNC3CC3)cn2)CC1. The van der Waals surface area contributed by atoms with Gasteiger partial charge in [-0.15, -0.1) is 0 Å². The second-order valence-corrected chi connectivity index (χ2v) is 5.85. The zero-order valence-electron chi connectivity index (χ0n) is 12.4. The molecule has 0 bridgehead atoms. The van der Waals surface area contributed by atoms with E-state index < -0.39 is 0 Å². The summed E-state index contributed by atoms with van der Waals surface area (Å²) in [6.07, 6.45) is 7.71. The third kappa shape index (κ3) is 3.67. The molecule has 1 aromatic rings. The van der Waals surface area contributed by atoms with Crippen molar-refractivity contribution in [1.29, 1.82) is 0 Å². The van der Waals surface area contributed by atoms with E-state index in [4.69, 9.17) is 0 Å². The molecule has 1 aromatic heterocycles. The maximum Gasteiger partial charge on any atom is 0.147 e. The summed E-state index contributed by atoms with van der Waals surface area (Å²) in [7, 11) is 0. The van der Waals surface area contributed by atoms with Gasteiger partial charge in [0.2, 0.25) is 0 Å². The number of nitrogens with zero attached hydrogens (tertiary/aromatic N) is 4. The van der Waals surface area contributed by atoms with Gasteiger partial charge in [0, 0.05) is 38.8 Å². The molecule has 2 fully saturated rings. The minimum atomic E-state index is 0.725. The normalized spacial score (nSPS) is 20.4. The van der Waals surface area contributed by atoms with Crippen LogP contribution in [0, 0.1) is 0 Å². The lowest BCUT2D eigenvalue weighted by atomic mass is 10.3. The van der Waals surface area contributed by atoms with Gasteiger partial charge in [0.25, 0.3) is 0 Å². The highest BCUT2D eigenvalue weighted by Crippen LogP contribution is 2.19. The lowest BCUT2D eigenvalue weighted by molar-refractivity contribution is 0.258. The van der Waals surface area contributed by atoms with Gasteiger partial charge in [0.05, 0.1) is 18.1 Å². The highest BCUT2D eigenvalue weighted by molar-refractivity contribution is 5.36. The van der Waals surface area contributed by atoms with E-state index in [1.807, 2.05) is 12.4 Å². The van der Waals surface area contributed by atoms with E-state index in [9.17, 15) is 0 Å². The van der Waals surface area contributed by atoms with Crippen LogP contribution in [0.1, 0.15) is 31.9 Å². The summed E-state index contributed by atoms with van der Waals surface area (Å²) in [6, 6.07) is 0.725. The van der Waals surface area contributed by atoms with Crippen LogP contribution in [0.3, 0.4) is 0 Å². The van der Waals surface area contributed by atoms with Crippen molar-refractivity contribution < 1.29 is 0 Å². The van der Waals surface area contributed by atoms with Crippen LogP contribution < -0.4 is 10.2 Å². The summed E-state index contributed by atoms with van der Waals surface area (Å²) < 4.78 is 0. The molecule has 0 radical (unpaired) electrons. The predicted molar refractivity (Wildman–Crippen MR) is 80.8 cm³/mol. The van der Waals surface area contributed by atoms with Crippen molar-refractivity contribution in [2.24, 2.45) is 0 Å². The monoisotopic (exact) mass is 275 g/mol. The topological polar surface area (TPSA) is 44.3 Å². The number of hydrogen-bond donors (Lipinski definition) is 1. The van der Waals surface area contributed by atoms with Crippen LogP contribution in [0.2, 0.25) is 0 Å². The minimum Gasteiger partial charge on any atom is -0.353 e. The lowest BCUT2D eigenvalue weighted by Gasteiger charge is -2.35. The van der Waals surface area contributed by atoms with Crippen molar-refractivity contribution in [1.82, 2.24) is 20.2 Å². The van der Waals surface area contributed by atoms with E-state index in [2.05, 4.69) is 32.0 Å². The van der Waals surface area contributed by atoms with E-state index in [-0.39, 0.29) is 0 Å². The van der Waals surface area contributed by atoms with Crippen molar-refractivity contribution in [2.45, 2.75) is 38.8 Å². The van der Waals surface area contributed by atoms with Crippen molar-refractivity contribution in [2.75, 3.05) is 37.6 Å². The zero-order chi connectivity index (χ0) is 13.8. The summed E-state index contributed by atoms with van der Waals surface area (Å²) in [5.41, 5.74) is 1.05. The average Bonchev–Trinajstić information content (AvgIpc) is 3.31. The van der Waals surface area contributed by atoms with Crippen LogP contribution in [-0.2, 0) is 6.54 Å². The van der Waals surface area contributed by atoms with Crippen LogP contribution in [0.25, 0.3) is 0 Å². The molecule has 0 spiro atoms. The van der Waals surface area contributed by atoms with E-state index >= 15 is 0 Å². The van der Waals surface area contributed by atoms with Crippen LogP contribution in [0.15, 0.2) is 12.4 Å². The first-order valence-electron chi connectivity index (χ1n) is 7.87. The lowest BCUT2D eigenvalue weighted by Crippen LogP contribution is -2.46. The largest absolute Gasteiger partial charge is 0.353 e. The second kappa shape index (κ2) is 6.50. The highest BCUT2D eigenvalue weighted by atomic mass is 15.3. The first kappa shape index (κ1) is 13.8. The molecule has 0 unspecified atom stereocenters. The fourth-order valence-electron chi connectivity index (χ4n) is 2.66. The van der Waals surface area contributed by atoms with Crippen molar-refractivity contribution >= 4 is 5.82 Å². The van der Waals surface area contributed by atoms with Crippen LogP contribution in [-0.4, -0.2) is 53.6 Å². The van der Waals surface area contributed by atoms with Crippen molar-refractivity contribution in [3.05, 3.63) is 18.1 Å². The number of rotatable bonds is 6. The number of hydrogen-bond acceptors (Lipinski definition) is 5. The summed E-state index contributed by atoms with van der Waals surface area (Å²) in [6.45, 7) is 8.71. The number of aromatic nitrogens is 2. The third-order valence-corrected chi connectivity index (χ3v) is 4.08. The number of piperazine rings is 1. The van der Waals surface area contributed by atoms with E-state index in [1.165, 1.54) is 25.8 Å². The molecule has 1 saturated carbocycles. The van der Waals surface area contributed by atoms with E-state index in [0.717, 1.165) is 50.3 Å². The first-order chi connectivity index (χ1) is 9.85. The quantitative estimate of drug-likeness (QED) is 0.847. The molecule has 0 atom stereocenters. The number of nitrogens with one attached hydrogen (secondary N) is 1. The van der Waals surface area contributed by atoms with Gasteiger partial charge in [0.15, 0.2) is 0 Å². The Hall–Kier alpha value is -1.20. The Morgan fingerprint density at radius 2 is 1.95 bits per heavy atom. The smallest absolute Gasteiger partial charge is 0.147 e. The minimum absolute atomic E-state index is 0.725. The second-order valence-electron chi connectivity index (χ2n) is 5.85. The Balaban J connectivity index is 1.49. The Bertz CT molecular complexity index is 407. The van der Waals surface area contributed by atoms with E-state index in [1.54, 1.807) is 0 Å². The summed E-state index contributed by atoms with van der Waals surface area (Å²) in [5.74, 6) is 1.02. The first-order valence-corrected chi connectivity index (χ1v) is 7.87. The van der Waals surface area contributed by atoms with Crippen molar-refractivity contribution in [3.8, 4) is 0 Å². The van der Waals surface area contributed by atoms with Gasteiger partial charge in [0.1, 0.15) is 5.82 Å². The molecule has 3 rings (SSSR count). The molecule has 0 aromatic carbocycles. The van der Waals surface area contributed by atoms with Crippen LogP contribution in [0.5, 0.6) is 0 Å². The Morgan fingerprint density at radius 1 is 1.15 bits per heavy atom. The maximum absolute atomic E-state index is 4.58. The molecule has 2 aliphatic rings. The Labute approximate surface area is 121 Å². The van der Waals surface area contributed by atoms with Gasteiger partial charge < -0.3 is 10.2 Å². The maximum atomic E-state index is 4.58. The van der Waals surface area contributed by atoms with Crippen molar-refractivity contribution in [3.63, 3.8) is 0 Å². The molecule has 5 nitrogen and oxygen atoms in total. The van der Waals surface area contributed by atoms with Gasteiger partial charge in [-0.2, -0.15) is 0 Å².